The molecule has 1 aliphatic rings. The summed E-state index contributed by atoms with van der Waals surface area (Å²) in [4.78, 5) is 2.29. The molecule has 1 aromatic heterocycles. The van der Waals surface area contributed by atoms with E-state index in [-0.39, 0.29) is 0 Å². The first-order chi connectivity index (χ1) is 8.15. The lowest BCUT2D eigenvalue weighted by molar-refractivity contribution is 0.0129. The molecule has 1 atom stereocenters. The van der Waals surface area contributed by atoms with Gasteiger partial charge in [-0.15, -0.1) is 0 Å². The lowest BCUT2D eigenvalue weighted by Gasteiger charge is -2.27. The average Bonchev–Trinajstić information content (AvgIpc) is 2.69. The van der Waals surface area contributed by atoms with Gasteiger partial charge in [-0.2, -0.15) is 5.10 Å². The first kappa shape index (κ1) is 12.6. The van der Waals surface area contributed by atoms with Crippen molar-refractivity contribution in [2.24, 2.45) is 0 Å². The summed E-state index contributed by atoms with van der Waals surface area (Å²) in [5, 5.41) is 15.2. The fourth-order valence-corrected chi connectivity index (χ4v) is 2.63. The molecule has 0 radical (unpaired) electrons. The quantitative estimate of drug-likeness (QED) is 0.868. The van der Waals surface area contributed by atoms with E-state index in [0.717, 1.165) is 51.0 Å². The maximum atomic E-state index is 10.8. The third-order valence-electron chi connectivity index (χ3n) is 3.67. The van der Waals surface area contributed by atoms with Crippen molar-refractivity contribution in [2.75, 3.05) is 20.1 Å². The molecule has 0 aliphatic carbocycles. The van der Waals surface area contributed by atoms with Gasteiger partial charge in [-0.1, -0.05) is 6.92 Å². The molecule has 1 saturated heterocycles. The molecule has 1 fully saturated rings. The van der Waals surface area contributed by atoms with E-state index in [0.29, 0.717) is 0 Å². The molecule has 0 saturated carbocycles. The van der Waals surface area contributed by atoms with E-state index >= 15 is 0 Å². The molecule has 0 amide bonds. The minimum atomic E-state index is -0.684. The molecule has 0 bridgehead atoms. The number of hydrogen-bond donors (Lipinski definition) is 1. The fraction of sp³-hybridized carbons (Fsp3) is 0.769. The lowest BCUT2D eigenvalue weighted by Crippen LogP contribution is -2.30. The van der Waals surface area contributed by atoms with Gasteiger partial charge in [0, 0.05) is 19.3 Å². The molecule has 1 N–H and O–H groups in total. The third-order valence-corrected chi connectivity index (χ3v) is 3.67. The molecule has 1 unspecified atom stereocenters. The molecule has 2 heterocycles. The third kappa shape index (κ3) is 2.69. The van der Waals surface area contributed by atoms with Gasteiger partial charge >= 0.3 is 0 Å². The van der Waals surface area contributed by atoms with Gasteiger partial charge in [0.05, 0.1) is 5.69 Å². The molecule has 4 heteroatoms. The Balaban J connectivity index is 2.20. The molecule has 96 valence electrons. The van der Waals surface area contributed by atoms with Crippen molar-refractivity contribution in [1.82, 2.24) is 14.7 Å². The fourth-order valence-electron chi connectivity index (χ4n) is 2.63. The standard InChI is InChI=1S/C13H23N3O/c1-3-9-16-12(5-8-14-16)13(17)6-4-10-15(2)11-7-13/h5,8,17H,3-4,6-7,9-11H2,1-2H3. The number of aryl methyl sites for hydroxylation is 1. The Bertz CT molecular complexity index is 363. The molecule has 0 aromatic carbocycles. The van der Waals surface area contributed by atoms with Gasteiger partial charge < -0.3 is 10.0 Å². The van der Waals surface area contributed by atoms with E-state index in [9.17, 15) is 5.11 Å². The highest BCUT2D eigenvalue weighted by atomic mass is 16.3. The maximum Gasteiger partial charge on any atom is 0.107 e. The van der Waals surface area contributed by atoms with E-state index in [1.807, 2.05) is 10.7 Å². The predicted octanol–water partition coefficient (Wildman–Crippen LogP) is 1.60. The molecule has 1 aliphatic heterocycles. The van der Waals surface area contributed by atoms with Crippen molar-refractivity contribution in [3.63, 3.8) is 0 Å². The second kappa shape index (κ2) is 5.19. The van der Waals surface area contributed by atoms with Gasteiger partial charge in [0.2, 0.25) is 0 Å². The molecule has 4 nitrogen and oxygen atoms in total. The van der Waals surface area contributed by atoms with Crippen LogP contribution >= 0.6 is 0 Å². The number of aromatic nitrogens is 2. The summed E-state index contributed by atoms with van der Waals surface area (Å²) in [6.07, 6.45) is 5.54. The van der Waals surface area contributed by atoms with E-state index in [2.05, 4.69) is 24.0 Å². The van der Waals surface area contributed by atoms with Crippen LogP contribution in [0.2, 0.25) is 0 Å². The van der Waals surface area contributed by atoms with Gasteiger partial charge in [0.25, 0.3) is 0 Å². The molecular weight excluding hydrogens is 214 g/mol. The van der Waals surface area contributed by atoms with Crippen LogP contribution in [0.3, 0.4) is 0 Å². The number of nitrogens with zero attached hydrogens (tertiary/aromatic N) is 3. The van der Waals surface area contributed by atoms with Crippen molar-refractivity contribution < 1.29 is 5.11 Å². The number of rotatable bonds is 3. The topological polar surface area (TPSA) is 41.3 Å². The molecule has 17 heavy (non-hydrogen) atoms. The Kier molecular flexibility index (Phi) is 3.84. The molecule has 0 spiro atoms. The van der Waals surface area contributed by atoms with E-state index < -0.39 is 5.60 Å². The molecule has 1 aromatic rings. The molecular formula is C13H23N3O. The van der Waals surface area contributed by atoms with Gasteiger partial charge in [-0.3, -0.25) is 4.68 Å². The lowest BCUT2D eigenvalue weighted by atomic mass is 9.91. The van der Waals surface area contributed by atoms with E-state index in [4.69, 9.17) is 0 Å². The second-order valence-corrected chi connectivity index (χ2v) is 5.13. The Morgan fingerprint density at radius 1 is 1.41 bits per heavy atom. The normalized spacial score (nSPS) is 27.0. The summed E-state index contributed by atoms with van der Waals surface area (Å²) < 4.78 is 1.96. The van der Waals surface area contributed by atoms with Crippen LogP contribution < -0.4 is 0 Å². The maximum absolute atomic E-state index is 10.8. The van der Waals surface area contributed by atoms with Crippen LogP contribution in [0.15, 0.2) is 12.3 Å². The van der Waals surface area contributed by atoms with Gasteiger partial charge in [-0.05, 0) is 45.3 Å². The minimum absolute atomic E-state index is 0.684. The van der Waals surface area contributed by atoms with Crippen LogP contribution in [0, 0.1) is 0 Å². The van der Waals surface area contributed by atoms with Gasteiger partial charge in [-0.25, -0.2) is 0 Å². The highest BCUT2D eigenvalue weighted by Crippen LogP contribution is 2.32. The summed E-state index contributed by atoms with van der Waals surface area (Å²) in [5.41, 5.74) is 0.311. The first-order valence-corrected chi connectivity index (χ1v) is 6.59. The van der Waals surface area contributed by atoms with Crippen LogP contribution in [-0.2, 0) is 12.1 Å². The minimum Gasteiger partial charge on any atom is -0.384 e. The van der Waals surface area contributed by atoms with Gasteiger partial charge in [0.15, 0.2) is 0 Å². The van der Waals surface area contributed by atoms with Crippen molar-refractivity contribution >= 4 is 0 Å². The summed E-state index contributed by atoms with van der Waals surface area (Å²) in [7, 11) is 2.12. The largest absolute Gasteiger partial charge is 0.384 e. The average molecular weight is 237 g/mol. The van der Waals surface area contributed by atoms with Crippen molar-refractivity contribution in [2.45, 2.75) is 44.8 Å². The van der Waals surface area contributed by atoms with Gasteiger partial charge in [0.1, 0.15) is 5.60 Å². The Labute approximate surface area is 103 Å². The number of aliphatic hydroxyl groups is 1. The number of likely N-dealkylation sites (tertiary alicyclic amines) is 1. The summed E-state index contributed by atoms with van der Waals surface area (Å²) in [6.45, 7) is 5.05. The zero-order valence-electron chi connectivity index (χ0n) is 10.9. The van der Waals surface area contributed by atoms with Crippen LogP contribution in [0.5, 0.6) is 0 Å². The summed E-state index contributed by atoms with van der Waals surface area (Å²) >= 11 is 0. The SMILES string of the molecule is CCCn1nccc1C1(O)CCCN(C)CC1. The predicted molar refractivity (Wildman–Crippen MR) is 67.8 cm³/mol. The van der Waals surface area contributed by atoms with Crippen LogP contribution in [0.1, 0.15) is 38.3 Å². The van der Waals surface area contributed by atoms with Crippen molar-refractivity contribution in [3.8, 4) is 0 Å². The Morgan fingerprint density at radius 3 is 3.00 bits per heavy atom. The zero-order chi connectivity index (χ0) is 12.3. The highest BCUT2D eigenvalue weighted by Gasteiger charge is 2.33. The Morgan fingerprint density at radius 2 is 2.24 bits per heavy atom. The van der Waals surface area contributed by atoms with Crippen molar-refractivity contribution in [3.05, 3.63) is 18.0 Å². The second-order valence-electron chi connectivity index (χ2n) is 5.13. The van der Waals surface area contributed by atoms with Crippen molar-refractivity contribution in [1.29, 1.82) is 0 Å². The zero-order valence-corrected chi connectivity index (χ0v) is 10.9. The highest BCUT2D eigenvalue weighted by molar-refractivity contribution is 5.12. The van der Waals surface area contributed by atoms with Crippen LogP contribution in [0.4, 0.5) is 0 Å². The Hall–Kier alpha value is -0.870. The first-order valence-electron chi connectivity index (χ1n) is 6.59. The number of hydrogen-bond acceptors (Lipinski definition) is 3. The summed E-state index contributed by atoms with van der Waals surface area (Å²) in [5.74, 6) is 0. The monoisotopic (exact) mass is 237 g/mol. The molecule has 2 rings (SSSR count). The smallest absolute Gasteiger partial charge is 0.107 e. The van der Waals surface area contributed by atoms with Crippen LogP contribution in [0.25, 0.3) is 0 Å². The van der Waals surface area contributed by atoms with E-state index in [1.54, 1.807) is 6.20 Å². The summed E-state index contributed by atoms with van der Waals surface area (Å²) in [6, 6.07) is 1.97. The van der Waals surface area contributed by atoms with Crippen LogP contribution in [-0.4, -0.2) is 39.9 Å². The van der Waals surface area contributed by atoms with E-state index in [1.165, 1.54) is 0 Å².